The summed E-state index contributed by atoms with van der Waals surface area (Å²) in [6, 6.07) is 0. The molecule has 0 amide bonds. The van der Waals surface area contributed by atoms with Crippen LogP contribution in [0.5, 0.6) is 0 Å². The zero-order chi connectivity index (χ0) is 6.85. The van der Waals surface area contributed by atoms with Crippen LogP contribution in [0, 0.1) is 0 Å². The molecule has 0 fully saturated rings. The molecule has 2 N–H and O–H groups in total. The Labute approximate surface area is 51.9 Å². The van der Waals surface area contributed by atoms with Gasteiger partial charge in [-0.3, -0.25) is 4.79 Å². The van der Waals surface area contributed by atoms with Gasteiger partial charge in [-0.1, -0.05) is 0 Å². The number of carbonyl (C=O) groups excluding carboxylic acids is 1. The lowest BCUT2D eigenvalue weighted by atomic mass is 10.2. The minimum absolute atomic E-state index is 0.113. The average molecular weight is 126 g/mol. The maximum atomic E-state index is 10.5. The van der Waals surface area contributed by atoms with Gasteiger partial charge in [-0.05, 0) is 11.6 Å². The number of aliphatic hydroxyl groups excluding tert-OH is 2. The minimum atomic E-state index is -0.338. The first kappa shape index (κ1) is 5.88. The zero-order valence-electron chi connectivity index (χ0n) is 4.66. The smallest absolute Gasteiger partial charge is 0.201 e. The summed E-state index contributed by atoms with van der Waals surface area (Å²) in [5, 5.41) is 17.0. The molecule has 1 aliphatic carbocycles. The minimum Gasteiger partial charge on any atom is -0.515 e. The van der Waals surface area contributed by atoms with Gasteiger partial charge in [-0.25, -0.2) is 0 Å². The van der Waals surface area contributed by atoms with E-state index in [1.54, 1.807) is 0 Å². The predicted octanol–water partition coefficient (Wildman–Crippen LogP) is 0.843. The summed E-state index contributed by atoms with van der Waals surface area (Å²) in [6.45, 7) is 0. The molecular formula is C6H6O3. The molecule has 0 spiro atoms. The van der Waals surface area contributed by atoms with Crippen molar-refractivity contribution in [2.45, 2.75) is 6.42 Å². The van der Waals surface area contributed by atoms with E-state index in [0.717, 1.165) is 6.26 Å². The first-order chi connectivity index (χ1) is 4.24. The van der Waals surface area contributed by atoms with Gasteiger partial charge in [0.05, 0.1) is 6.26 Å². The fourth-order valence-corrected chi connectivity index (χ4v) is 0.666. The molecule has 1 aliphatic rings. The number of hydrogen-bond donors (Lipinski definition) is 2. The number of aliphatic hydroxyl groups is 2. The Bertz CT molecular complexity index is 200. The van der Waals surface area contributed by atoms with Crippen molar-refractivity contribution in [2.75, 3.05) is 0 Å². The van der Waals surface area contributed by atoms with E-state index in [0.29, 0.717) is 5.57 Å². The Morgan fingerprint density at radius 2 is 2.33 bits per heavy atom. The van der Waals surface area contributed by atoms with Gasteiger partial charge in [0.2, 0.25) is 5.78 Å². The molecule has 0 heterocycles. The standard InChI is InChI=1S/C6H6O3/c7-3-4-1-5(8)6(9)2-4/h1,3,7-8H,2H2/b4-3+. The highest BCUT2D eigenvalue weighted by molar-refractivity contribution is 5.98. The molecule has 0 saturated heterocycles. The van der Waals surface area contributed by atoms with Crippen LogP contribution in [-0.2, 0) is 4.79 Å². The zero-order valence-corrected chi connectivity index (χ0v) is 4.66. The molecule has 0 aromatic heterocycles. The maximum absolute atomic E-state index is 10.5. The average Bonchev–Trinajstić information content (AvgIpc) is 2.13. The fourth-order valence-electron chi connectivity index (χ4n) is 0.666. The largest absolute Gasteiger partial charge is 0.515 e. The second-order valence-corrected chi connectivity index (χ2v) is 1.83. The van der Waals surface area contributed by atoms with Gasteiger partial charge < -0.3 is 10.2 Å². The van der Waals surface area contributed by atoms with Crippen molar-refractivity contribution in [1.82, 2.24) is 0 Å². The van der Waals surface area contributed by atoms with Gasteiger partial charge in [0.15, 0.2) is 5.76 Å². The number of rotatable bonds is 0. The monoisotopic (exact) mass is 126 g/mol. The van der Waals surface area contributed by atoms with Crippen LogP contribution in [0.2, 0.25) is 0 Å². The van der Waals surface area contributed by atoms with Gasteiger partial charge in [-0.2, -0.15) is 0 Å². The van der Waals surface area contributed by atoms with Crippen molar-refractivity contribution < 1.29 is 15.0 Å². The summed E-state index contributed by atoms with van der Waals surface area (Å²) in [5.74, 6) is -0.606. The van der Waals surface area contributed by atoms with Crippen LogP contribution in [0.4, 0.5) is 0 Å². The molecule has 0 bridgehead atoms. The van der Waals surface area contributed by atoms with Crippen LogP contribution < -0.4 is 0 Å². The topological polar surface area (TPSA) is 57.5 Å². The van der Waals surface area contributed by atoms with Gasteiger partial charge >= 0.3 is 0 Å². The van der Waals surface area contributed by atoms with E-state index >= 15 is 0 Å². The second kappa shape index (κ2) is 1.93. The van der Waals surface area contributed by atoms with Gasteiger partial charge in [0, 0.05) is 6.42 Å². The van der Waals surface area contributed by atoms with Crippen LogP contribution in [0.25, 0.3) is 0 Å². The summed E-state index contributed by atoms with van der Waals surface area (Å²) in [6.07, 6.45) is 2.19. The quantitative estimate of drug-likeness (QED) is 0.473. The van der Waals surface area contributed by atoms with Gasteiger partial charge in [-0.15, -0.1) is 0 Å². The number of hydrogen-bond acceptors (Lipinski definition) is 3. The SMILES string of the molecule is O=C1C/C(=C/O)C=C1O. The van der Waals surface area contributed by atoms with Gasteiger partial charge in [0.1, 0.15) is 0 Å². The highest BCUT2D eigenvalue weighted by Gasteiger charge is 2.17. The summed E-state index contributed by atoms with van der Waals surface area (Å²) in [7, 11) is 0. The summed E-state index contributed by atoms with van der Waals surface area (Å²) < 4.78 is 0. The number of Topliss-reactive ketones (excluding diaryl/α,β-unsaturated/α-hetero) is 1. The molecule has 3 heteroatoms. The summed E-state index contributed by atoms with van der Waals surface area (Å²) in [4.78, 5) is 10.5. The molecule has 0 aromatic rings. The van der Waals surface area contributed by atoms with Crippen LogP contribution >= 0.6 is 0 Å². The highest BCUT2D eigenvalue weighted by atomic mass is 16.3. The maximum Gasteiger partial charge on any atom is 0.201 e. The van der Waals surface area contributed by atoms with E-state index in [4.69, 9.17) is 10.2 Å². The van der Waals surface area contributed by atoms with Crippen molar-refractivity contribution >= 4 is 5.78 Å². The van der Waals surface area contributed by atoms with Crippen molar-refractivity contribution in [3.63, 3.8) is 0 Å². The molecule has 1 rings (SSSR count). The van der Waals surface area contributed by atoms with Gasteiger partial charge in [0.25, 0.3) is 0 Å². The molecule has 0 radical (unpaired) electrons. The Morgan fingerprint density at radius 3 is 2.56 bits per heavy atom. The summed E-state index contributed by atoms with van der Waals surface area (Å²) >= 11 is 0. The molecular weight excluding hydrogens is 120 g/mol. The van der Waals surface area contributed by atoms with E-state index in [9.17, 15) is 4.79 Å². The third-order valence-corrected chi connectivity index (χ3v) is 1.14. The molecule has 0 unspecified atom stereocenters. The fraction of sp³-hybridized carbons (Fsp3) is 0.167. The van der Waals surface area contributed by atoms with Crippen LogP contribution in [0.3, 0.4) is 0 Å². The normalized spacial score (nSPS) is 22.9. The second-order valence-electron chi connectivity index (χ2n) is 1.83. The first-order valence-electron chi connectivity index (χ1n) is 2.51. The van der Waals surface area contributed by atoms with E-state index in [-0.39, 0.29) is 18.0 Å². The molecule has 9 heavy (non-hydrogen) atoms. The Kier molecular flexibility index (Phi) is 1.26. The van der Waals surface area contributed by atoms with E-state index in [2.05, 4.69) is 0 Å². The van der Waals surface area contributed by atoms with Crippen LogP contribution in [0.1, 0.15) is 6.42 Å². The molecule has 0 atom stereocenters. The molecule has 0 aliphatic heterocycles. The third kappa shape index (κ3) is 0.937. The van der Waals surface area contributed by atoms with E-state index < -0.39 is 0 Å². The predicted molar refractivity (Wildman–Crippen MR) is 31.0 cm³/mol. The number of allylic oxidation sites excluding steroid dienone is 3. The van der Waals surface area contributed by atoms with E-state index in [1.165, 1.54) is 6.08 Å². The van der Waals surface area contributed by atoms with Crippen molar-refractivity contribution in [2.24, 2.45) is 0 Å². The first-order valence-corrected chi connectivity index (χ1v) is 2.51. The molecule has 0 saturated carbocycles. The molecule has 48 valence electrons. The van der Waals surface area contributed by atoms with Crippen molar-refractivity contribution in [3.8, 4) is 0 Å². The Morgan fingerprint density at radius 1 is 1.67 bits per heavy atom. The lowest BCUT2D eigenvalue weighted by molar-refractivity contribution is -0.116. The van der Waals surface area contributed by atoms with E-state index in [1.807, 2.05) is 0 Å². The summed E-state index contributed by atoms with van der Waals surface area (Å²) in [5.41, 5.74) is 0.456. The Balaban J connectivity index is 2.86. The van der Waals surface area contributed by atoms with Crippen molar-refractivity contribution in [3.05, 3.63) is 23.7 Å². The van der Waals surface area contributed by atoms with Crippen molar-refractivity contribution in [1.29, 1.82) is 0 Å². The number of carbonyl (C=O) groups is 1. The number of ketones is 1. The lowest BCUT2D eigenvalue weighted by Gasteiger charge is -1.82. The Hall–Kier alpha value is -1.25. The lowest BCUT2D eigenvalue weighted by Crippen LogP contribution is -1.92. The van der Waals surface area contributed by atoms with Crippen LogP contribution in [-0.4, -0.2) is 16.0 Å². The molecule has 0 aromatic carbocycles. The third-order valence-electron chi connectivity index (χ3n) is 1.14. The highest BCUT2D eigenvalue weighted by Crippen LogP contribution is 2.16. The molecule has 3 nitrogen and oxygen atoms in total. The van der Waals surface area contributed by atoms with Crippen LogP contribution in [0.15, 0.2) is 23.7 Å².